The van der Waals surface area contributed by atoms with Gasteiger partial charge < -0.3 is 10.1 Å². The highest BCUT2D eigenvalue weighted by Crippen LogP contribution is 2.26. The molecule has 1 aromatic carbocycles. The average molecular weight is 384 g/mol. The molecular formula is C16H18ClN3O4S. The fraction of sp³-hybridized carbons (Fsp3) is 0.250. The van der Waals surface area contributed by atoms with E-state index in [2.05, 4.69) is 15.0 Å². The average Bonchev–Trinajstić information content (AvgIpc) is 2.60. The summed E-state index contributed by atoms with van der Waals surface area (Å²) in [7, 11) is -2.46. The predicted octanol–water partition coefficient (Wildman–Crippen LogP) is 1.73. The Morgan fingerprint density at radius 3 is 2.56 bits per heavy atom. The number of ether oxygens (including phenoxy) is 1. The lowest BCUT2D eigenvalue weighted by atomic mass is 10.2. The summed E-state index contributed by atoms with van der Waals surface area (Å²) in [6.07, 6.45) is 3.22. The minimum atomic E-state index is -3.90. The van der Waals surface area contributed by atoms with E-state index in [0.717, 1.165) is 5.56 Å². The first-order chi connectivity index (χ1) is 11.8. The van der Waals surface area contributed by atoms with E-state index in [1.807, 2.05) is 0 Å². The van der Waals surface area contributed by atoms with Crippen LogP contribution >= 0.6 is 11.6 Å². The molecule has 7 nitrogen and oxygen atoms in total. The normalized spacial score (nSPS) is 12.4. The lowest BCUT2D eigenvalue weighted by molar-refractivity contribution is -0.122. The number of hydrogen-bond acceptors (Lipinski definition) is 5. The van der Waals surface area contributed by atoms with Crippen molar-refractivity contribution in [3.05, 3.63) is 53.3 Å². The number of carbonyl (C=O) groups excluding carboxylic acids is 1. The molecule has 2 N–H and O–H groups in total. The third kappa shape index (κ3) is 5.15. The number of carbonyl (C=O) groups is 1. The maximum atomic E-state index is 12.4. The first-order valence-corrected chi connectivity index (χ1v) is 9.22. The van der Waals surface area contributed by atoms with Crippen LogP contribution in [0.4, 0.5) is 0 Å². The van der Waals surface area contributed by atoms with E-state index >= 15 is 0 Å². The third-order valence-corrected chi connectivity index (χ3v) is 5.21. The summed E-state index contributed by atoms with van der Waals surface area (Å²) >= 11 is 5.95. The van der Waals surface area contributed by atoms with Crippen molar-refractivity contribution in [3.63, 3.8) is 0 Å². The summed E-state index contributed by atoms with van der Waals surface area (Å²) in [5, 5.41) is 2.83. The maximum absolute atomic E-state index is 12.4. The summed E-state index contributed by atoms with van der Waals surface area (Å²) in [5.74, 6) is -0.0799. The van der Waals surface area contributed by atoms with Gasteiger partial charge in [-0.25, -0.2) is 8.42 Å². The van der Waals surface area contributed by atoms with E-state index in [4.69, 9.17) is 16.3 Å². The second kappa shape index (κ2) is 8.28. The molecule has 0 bridgehead atoms. The first-order valence-electron chi connectivity index (χ1n) is 7.36. The second-order valence-corrected chi connectivity index (χ2v) is 7.33. The third-order valence-electron chi connectivity index (χ3n) is 3.37. The van der Waals surface area contributed by atoms with Crippen molar-refractivity contribution >= 4 is 27.5 Å². The highest BCUT2D eigenvalue weighted by molar-refractivity contribution is 7.89. The van der Waals surface area contributed by atoms with Crippen molar-refractivity contribution in [1.29, 1.82) is 0 Å². The number of nitrogens with zero attached hydrogens (tertiary/aromatic N) is 1. The smallest absolute Gasteiger partial charge is 0.241 e. The highest BCUT2D eigenvalue weighted by atomic mass is 35.5. The molecule has 0 radical (unpaired) electrons. The van der Waals surface area contributed by atoms with Crippen LogP contribution in [-0.4, -0.2) is 32.5 Å². The van der Waals surface area contributed by atoms with E-state index in [9.17, 15) is 13.2 Å². The van der Waals surface area contributed by atoms with Gasteiger partial charge in [0.25, 0.3) is 0 Å². The molecule has 25 heavy (non-hydrogen) atoms. The molecular weight excluding hydrogens is 366 g/mol. The number of hydrogen-bond donors (Lipinski definition) is 2. The van der Waals surface area contributed by atoms with Gasteiger partial charge in [-0.2, -0.15) is 4.72 Å². The van der Waals surface area contributed by atoms with E-state index < -0.39 is 22.0 Å². The quantitative estimate of drug-likeness (QED) is 0.758. The predicted molar refractivity (Wildman–Crippen MR) is 93.9 cm³/mol. The lowest BCUT2D eigenvalue weighted by Crippen LogP contribution is -2.44. The number of pyridine rings is 1. The molecule has 134 valence electrons. The number of benzene rings is 1. The molecule has 0 unspecified atom stereocenters. The Balaban J connectivity index is 2.01. The van der Waals surface area contributed by atoms with Crippen LogP contribution in [0.2, 0.25) is 5.02 Å². The molecule has 2 rings (SSSR count). The van der Waals surface area contributed by atoms with Crippen LogP contribution in [-0.2, 0) is 21.4 Å². The van der Waals surface area contributed by atoms with Gasteiger partial charge in [0.2, 0.25) is 15.9 Å². The molecule has 1 aromatic heterocycles. The molecule has 0 aliphatic carbocycles. The Kier molecular flexibility index (Phi) is 6.35. The van der Waals surface area contributed by atoms with Crippen LogP contribution in [0.25, 0.3) is 0 Å². The van der Waals surface area contributed by atoms with Crippen molar-refractivity contribution in [2.75, 3.05) is 7.11 Å². The Morgan fingerprint density at radius 2 is 1.96 bits per heavy atom. The molecule has 0 spiro atoms. The fourth-order valence-corrected chi connectivity index (χ4v) is 3.56. The molecule has 1 heterocycles. The minimum Gasteiger partial charge on any atom is -0.495 e. The number of sulfonamides is 1. The molecule has 2 aromatic rings. The number of rotatable bonds is 7. The van der Waals surface area contributed by atoms with Gasteiger partial charge in [-0.05, 0) is 42.8 Å². The number of nitrogens with one attached hydrogen (secondary N) is 2. The van der Waals surface area contributed by atoms with Crippen LogP contribution in [0.15, 0.2) is 47.6 Å². The maximum Gasteiger partial charge on any atom is 0.241 e. The Hall–Kier alpha value is -2.16. The largest absolute Gasteiger partial charge is 0.495 e. The number of aromatic nitrogens is 1. The lowest BCUT2D eigenvalue weighted by Gasteiger charge is -2.15. The Labute approximate surface area is 151 Å². The van der Waals surface area contributed by atoms with Gasteiger partial charge >= 0.3 is 0 Å². The van der Waals surface area contributed by atoms with Crippen LogP contribution in [0, 0.1) is 0 Å². The summed E-state index contributed by atoms with van der Waals surface area (Å²) < 4.78 is 32.1. The van der Waals surface area contributed by atoms with Gasteiger partial charge in [-0.1, -0.05) is 11.6 Å². The van der Waals surface area contributed by atoms with Crippen molar-refractivity contribution in [3.8, 4) is 5.75 Å². The molecule has 0 saturated carbocycles. The number of methoxy groups -OCH3 is 1. The topological polar surface area (TPSA) is 97.4 Å². The van der Waals surface area contributed by atoms with E-state index in [1.165, 1.54) is 32.2 Å². The minimum absolute atomic E-state index is 0.0490. The molecule has 0 fully saturated rings. The monoisotopic (exact) mass is 383 g/mol. The summed E-state index contributed by atoms with van der Waals surface area (Å²) in [6.45, 7) is 1.74. The summed E-state index contributed by atoms with van der Waals surface area (Å²) in [5.41, 5.74) is 0.861. The van der Waals surface area contributed by atoms with Gasteiger partial charge in [0.05, 0.1) is 23.1 Å². The van der Waals surface area contributed by atoms with Crippen LogP contribution in [0.5, 0.6) is 5.75 Å². The number of halogens is 1. The molecule has 0 aliphatic rings. The molecule has 0 saturated heterocycles. The zero-order valence-electron chi connectivity index (χ0n) is 13.7. The molecule has 9 heteroatoms. The highest BCUT2D eigenvalue weighted by Gasteiger charge is 2.22. The SMILES string of the molecule is COc1ccc(S(=O)(=O)N[C@@H](C)C(=O)NCc2ccncc2)cc1Cl. The Morgan fingerprint density at radius 1 is 1.28 bits per heavy atom. The summed E-state index contributed by atoms with van der Waals surface area (Å²) in [4.78, 5) is 15.9. The number of amides is 1. The zero-order chi connectivity index (χ0) is 18.4. The molecule has 0 aliphatic heterocycles. The van der Waals surface area contributed by atoms with Crippen LogP contribution in [0.1, 0.15) is 12.5 Å². The molecule has 1 amide bonds. The van der Waals surface area contributed by atoms with Crippen molar-refractivity contribution < 1.29 is 17.9 Å². The van der Waals surface area contributed by atoms with Crippen molar-refractivity contribution in [2.45, 2.75) is 24.4 Å². The second-order valence-electron chi connectivity index (χ2n) is 5.21. The van der Waals surface area contributed by atoms with Gasteiger partial charge in [0.15, 0.2) is 0 Å². The zero-order valence-corrected chi connectivity index (χ0v) is 15.3. The van der Waals surface area contributed by atoms with E-state index in [-0.39, 0.29) is 16.5 Å². The Bertz CT molecular complexity index is 844. The van der Waals surface area contributed by atoms with Gasteiger partial charge in [-0.3, -0.25) is 9.78 Å². The van der Waals surface area contributed by atoms with Crippen LogP contribution < -0.4 is 14.8 Å². The van der Waals surface area contributed by atoms with Crippen LogP contribution in [0.3, 0.4) is 0 Å². The van der Waals surface area contributed by atoms with Gasteiger partial charge in [0.1, 0.15) is 5.75 Å². The van der Waals surface area contributed by atoms with Gasteiger partial charge in [-0.15, -0.1) is 0 Å². The van der Waals surface area contributed by atoms with E-state index in [1.54, 1.807) is 24.5 Å². The summed E-state index contributed by atoms with van der Waals surface area (Å²) in [6, 6.07) is 6.64. The molecule has 1 atom stereocenters. The van der Waals surface area contributed by atoms with E-state index in [0.29, 0.717) is 5.75 Å². The van der Waals surface area contributed by atoms with Crippen molar-refractivity contribution in [1.82, 2.24) is 15.0 Å². The first kappa shape index (κ1) is 19.2. The van der Waals surface area contributed by atoms with Crippen molar-refractivity contribution in [2.24, 2.45) is 0 Å². The fourth-order valence-electron chi connectivity index (χ4n) is 2.01. The van der Waals surface area contributed by atoms with Gasteiger partial charge in [0, 0.05) is 18.9 Å². The standard InChI is InChI=1S/C16H18ClN3O4S/c1-11(16(21)19-10-12-5-7-18-8-6-12)20-25(22,23)13-3-4-15(24-2)14(17)9-13/h3-9,11,20H,10H2,1-2H3,(H,19,21)/t11-/m0/s1.